The van der Waals surface area contributed by atoms with Gasteiger partial charge in [-0.25, -0.2) is 19.3 Å². The number of fused-ring (bicyclic) bond motifs is 3. The molecule has 0 radical (unpaired) electrons. The quantitative estimate of drug-likeness (QED) is 0.493. The van der Waals surface area contributed by atoms with Gasteiger partial charge in [-0.3, -0.25) is 9.59 Å². The lowest BCUT2D eigenvalue weighted by molar-refractivity contribution is 0.0925. The van der Waals surface area contributed by atoms with Crippen molar-refractivity contribution >= 4 is 28.5 Å². The number of rotatable bonds is 2. The Morgan fingerprint density at radius 3 is 2.55 bits per heavy atom. The van der Waals surface area contributed by atoms with E-state index in [9.17, 15) is 14.0 Å². The zero-order valence-electron chi connectivity index (χ0n) is 15.5. The van der Waals surface area contributed by atoms with Crippen LogP contribution in [0.2, 0.25) is 0 Å². The lowest BCUT2D eigenvalue weighted by atomic mass is 10.1. The van der Waals surface area contributed by atoms with Crippen LogP contribution >= 0.6 is 0 Å². The molecule has 142 valence electrons. The van der Waals surface area contributed by atoms with E-state index in [1.165, 1.54) is 23.0 Å². The SMILES string of the molecule is Cc1ccc(N2C(=O)c3cnc4c(c(C)nn4-c4ccccn4)c3C2=O)c(F)c1. The van der Waals surface area contributed by atoms with Crippen LogP contribution in [0.3, 0.4) is 0 Å². The van der Waals surface area contributed by atoms with E-state index in [4.69, 9.17) is 0 Å². The van der Waals surface area contributed by atoms with E-state index in [1.54, 1.807) is 38.2 Å². The van der Waals surface area contributed by atoms with Gasteiger partial charge in [0.05, 0.1) is 27.9 Å². The molecule has 3 aromatic heterocycles. The van der Waals surface area contributed by atoms with Crippen molar-refractivity contribution in [2.45, 2.75) is 13.8 Å². The summed E-state index contributed by atoms with van der Waals surface area (Å²) in [5.41, 5.74) is 1.87. The monoisotopic (exact) mass is 387 g/mol. The largest absolute Gasteiger partial charge is 0.268 e. The maximum Gasteiger partial charge on any atom is 0.267 e. The summed E-state index contributed by atoms with van der Waals surface area (Å²) in [6, 6.07) is 9.73. The summed E-state index contributed by atoms with van der Waals surface area (Å²) in [4.78, 5) is 35.6. The number of aromatic nitrogens is 4. The molecule has 0 saturated carbocycles. The van der Waals surface area contributed by atoms with Crippen LogP contribution in [0.4, 0.5) is 10.1 Å². The van der Waals surface area contributed by atoms with Crippen molar-refractivity contribution in [1.82, 2.24) is 19.7 Å². The maximum atomic E-state index is 14.5. The lowest BCUT2D eigenvalue weighted by Gasteiger charge is -2.15. The Bertz CT molecular complexity index is 1330. The summed E-state index contributed by atoms with van der Waals surface area (Å²) < 4.78 is 16.0. The zero-order chi connectivity index (χ0) is 20.3. The van der Waals surface area contributed by atoms with Gasteiger partial charge in [0.2, 0.25) is 0 Å². The second-order valence-electron chi connectivity index (χ2n) is 6.83. The molecule has 0 spiro atoms. The minimum absolute atomic E-state index is 0.0790. The molecule has 5 rings (SSSR count). The van der Waals surface area contributed by atoms with Gasteiger partial charge >= 0.3 is 0 Å². The highest BCUT2D eigenvalue weighted by Gasteiger charge is 2.41. The van der Waals surface area contributed by atoms with Crippen LogP contribution in [0.5, 0.6) is 0 Å². The van der Waals surface area contributed by atoms with Crippen LogP contribution < -0.4 is 4.90 Å². The van der Waals surface area contributed by atoms with Crippen LogP contribution in [0.25, 0.3) is 16.9 Å². The molecule has 4 heterocycles. The molecule has 4 aromatic rings. The van der Waals surface area contributed by atoms with Gasteiger partial charge in [0.1, 0.15) is 5.82 Å². The minimum atomic E-state index is -0.635. The second kappa shape index (κ2) is 6.03. The summed E-state index contributed by atoms with van der Waals surface area (Å²) in [6.07, 6.45) is 2.96. The van der Waals surface area contributed by atoms with Gasteiger partial charge in [0.15, 0.2) is 11.5 Å². The molecule has 0 aliphatic carbocycles. The summed E-state index contributed by atoms with van der Waals surface area (Å²) in [5.74, 6) is -1.29. The Morgan fingerprint density at radius 2 is 1.83 bits per heavy atom. The molecule has 0 unspecified atom stereocenters. The number of anilines is 1. The van der Waals surface area contributed by atoms with Gasteiger partial charge in [-0.2, -0.15) is 9.78 Å². The van der Waals surface area contributed by atoms with Gasteiger partial charge in [0, 0.05) is 12.4 Å². The summed E-state index contributed by atoms with van der Waals surface area (Å²) in [5, 5.41) is 4.92. The second-order valence-corrected chi connectivity index (χ2v) is 6.83. The van der Waals surface area contributed by atoms with Crippen molar-refractivity contribution in [3.8, 4) is 5.82 Å². The van der Waals surface area contributed by atoms with Gasteiger partial charge in [-0.1, -0.05) is 12.1 Å². The fourth-order valence-corrected chi connectivity index (χ4v) is 3.61. The van der Waals surface area contributed by atoms with Crippen LogP contribution in [0.1, 0.15) is 32.0 Å². The summed E-state index contributed by atoms with van der Waals surface area (Å²) in [6.45, 7) is 3.47. The van der Waals surface area contributed by atoms with E-state index in [0.29, 0.717) is 28.1 Å². The normalized spacial score (nSPS) is 13.4. The highest BCUT2D eigenvalue weighted by Crippen LogP contribution is 2.35. The minimum Gasteiger partial charge on any atom is -0.268 e. The number of hydrogen-bond donors (Lipinski definition) is 0. The van der Waals surface area contributed by atoms with Crippen LogP contribution in [0.15, 0.2) is 48.8 Å². The molecule has 0 N–H and O–H groups in total. The number of hydrogen-bond acceptors (Lipinski definition) is 5. The molecule has 8 heteroatoms. The molecule has 2 amide bonds. The molecule has 29 heavy (non-hydrogen) atoms. The number of carbonyl (C=O) groups excluding carboxylic acids is 2. The van der Waals surface area contributed by atoms with Gasteiger partial charge in [-0.05, 0) is 43.7 Å². The summed E-state index contributed by atoms with van der Waals surface area (Å²) >= 11 is 0. The third-order valence-corrected chi connectivity index (χ3v) is 4.93. The van der Waals surface area contributed by atoms with E-state index >= 15 is 0 Å². The fourth-order valence-electron chi connectivity index (χ4n) is 3.61. The average molecular weight is 387 g/mol. The van der Waals surface area contributed by atoms with Gasteiger partial charge in [-0.15, -0.1) is 0 Å². The molecular weight excluding hydrogens is 373 g/mol. The standard InChI is InChI=1S/C21H14FN5O2/c1-11-6-7-15(14(22)9-11)26-20(28)13-10-24-19-17(18(13)21(26)29)12(2)25-27(19)16-5-3-4-8-23-16/h3-10H,1-2H3. The first-order valence-corrected chi connectivity index (χ1v) is 8.92. The van der Waals surface area contributed by atoms with Crippen molar-refractivity contribution in [2.75, 3.05) is 4.90 Å². The topological polar surface area (TPSA) is 81.0 Å². The first kappa shape index (κ1) is 17.2. The van der Waals surface area contributed by atoms with Crippen molar-refractivity contribution in [2.24, 2.45) is 0 Å². The van der Waals surface area contributed by atoms with E-state index < -0.39 is 17.6 Å². The van der Waals surface area contributed by atoms with Crippen LogP contribution in [-0.4, -0.2) is 31.6 Å². The molecule has 0 fully saturated rings. The third-order valence-electron chi connectivity index (χ3n) is 4.93. The number of nitrogens with zero attached hydrogens (tertiary/aromatic N) is 5. The van der Waals surface area contributed by atoms with Crippen LogP contribution in [0, 0.1) is 19.7 Å². The molecule has 1 aromatic carbocycles. The Kier molecular flexibility index (Phi) is 3.57. The predicted molar refractivity (Wildman–Crippen MR) is 104 cm³/mol. The number of benzene rings is 1. The number of imide groups is 1. The molecular formula is C21H14FN5O2. The maximum absolute atomic E-state index is 14.5. The average Bonchev–Trinajstić information content (AvgIpc) is 3.18. The van der Waals surface area contributed by atoms with Crippen molar-refractivity contribution in [3.63, 3.8) is 0 Å². The highest BCUT2D eigenvalue weighted by molar-refractivity contribution is 6.37. The van der Waals surface area contributed by atoms with Gasteiger partial charge < -0.3 is 0 Å². The number of amides is 2. The van der Waals surface area contributed by atoms with Crippen molar-refractivity contribution < 1.29 is 14.0 Å². The van der Waals surface area contributed by atoms with E-state index in [2.05, 4.69) is 15.1 Å². The molecule has 0 saturated heterocycles. The Morgan fingerprint density at radius 1 is 1.00 bits per heavy atom. The number of carbonyl (C=O) groups is 2. The van der Waals surface area contributed by atoms with Gasteiger partial charge in [0.25, 0.3) is 11.8 Å². The molecule has 7 nitrogen and oxygen atoms in total. The number of aryl methyl sites for hydroxylation is 2. The van der Waals surface area contributed by atoms with Crippen LogP contribution in [-0.2, 0) is 0 Å². The molecule has 1 aliphatic heterocycles. The van der Waals surface area contributed by atoms with E-state index in [0.717, 1.165) is 4.90 Å². The first-order valence-electron chi connectivity index (χ1n) is 8.92. The molecule has 1 aliphatic rings. The Balaban J connectivity index is 1.73. The smallest absolute Gasteiger partial charge is 0.267 e. The highest BCUT2D eigenvalue weighted by atomic mass is 19.1. The number of pyridine rings is 2. The van der Waals surface area contributed by atoms with E-state index in [-0.39, 0.29) is 16.8 Å². The van der Waals surface area contributed by atoms with Crippen molar-refractivity contribution in [1.29, 1.82) is 0 Å². The lowest BCUT2D eigenvalue weighted by Crippen LogP contribution is -2.30. The Hall–Kier alpha value is -3.94. The first-order chi connectivity index (χ1) is 14.0. The Labute approximate surface area is 164 Å². The summed E-state index contributed by atoms with van der Waals surface area (Å²) in [7, 11) is 0. The van der Waals surface area contributed by atoms with Crippen molar-refractivity contribution in [3.05, 3.63) is 77.0 Å². The van der Waals surface area contributed by atoms with E-state index in [1.807, 2.05) is 6.07 Å². The predicted octanol–water partition coefficient (Wildman–Crippen LogP) is 3.37. The zero-order valence-corrected chi connectivity index (χ0v) is 15.5. The molecule has 0 atom stereocenters. The number of halogens is 1. The molecule has 0 bridgehead atoms. The third kappa shape index (κ3) is 2.39. The fraction of sp³-hybridized carbons (Fsp3) is 0.0952.